The topological polar surface area (TPSA) is 96.0 Å². The van der Waals surface area contributed by atoms with Crippen molar-refractivity contribution in [2.45, 2.75) is 69.5 Å². The number of carbonyl (C=O) groups excluding carboxylic acids is 2. The Morgan fingerprint density at radius 2 is 1.40 bits per heavy atom. The molecule has 2 amide bonds. The summed E-state index contributed by atoms with van der Waals surface area (Å²) in [6.45, 7) is 3.45. The summed E-state index contributed by atoms with van der Waals surface area (Å²) in [4.78, 5) is 30.4. The number of amides is 2. The van der Waals surface area contributed by atoms with Crippen molar-refractivity contribution in [1.82, 2.24) is 10.2 Å². The molecule has 0 unspecified atom stereocenters. The first-order valence-electron chi connectivity index (χ1n) is 16.1. The molecule has 0 radical (unpaired) electrons. The molecule has 47 heavy (non-hydrogen) atoms. The molecule has 1 aliphatic carbocycles. The molecular formula is C38H43N3O5S. The summed E-state index contributed by atoms with van der Waals surface area (Å²) in [6.07, 6.45) is 4.16. The van der Waals surface area contributed by atoms with Gasteiger partial charge in [0.1, 0.15) is 18.3 Å². The molecule has 1 atom stereocenters. The minimum atomic E-state index is -4.23. The summed E-state index contributed by atoms with van der Waals surface area (Å²) >= 11 is 0. The van der Waals surface area contributed by atoms with Crippen LogP contribution in [-0.2, 0) is 32.6 Å². The van der Waals surface area contributed by atoms with Gasteiger partial charge in [-0.2, -0.15) is 0 Å². The summed E-state index contributed by atoms with van der Waals surface area (Å²) in [7, 11) is -2.77. The van der Waals surface area contributed by atoms with Gasteiger partial charge < -0.3 is 15.0 Å². The van der Waals surface area contributed by atoms with E-state index < -0.39 is 28.5 Å². The van der Waals surface area contributed by atoms with Gasteiger partial charge in [-0.15, -0.1) is 0 Å². The van der Waals surface area contributed by atoms with Gasteiger partial charge in [0.15, 0.2) is 0 Å². The van der Waals surface area contributed by atoms with Crippen molar-refractivity contribution in [2.75, 3.05) is 18.0 Å². The number of sulfonamides is 1. The molecule has 0 spiro atoms. The Balaban J connectivity index is 1.58. The fourth-order valence-corrected chi connectivity index (χ4v) is 7.42. The van der Waals surface area contributed by atoms with E-state index in [1.165, 1.54) is 24.1 Å². The second kappa shape index (κ2) is 15.3. The van der Waals surface area contributed by atoms with Crippen LogP contribution in [0.2, 0.25) is 0 Å². The van der Waals surface area contributed by atoms with Gasteiger partial charge >= 0.3 is 0 Å². The highest BCUT2D eigenvalue weighted by atomic mass is 32.2. The van der Waals surface area contributed by atoms with Gasteiger partial charge in [0, 0.05) is 19.0 Å². The number of benzene rings is 4. The van der Waals surface area contributed by atoms with Gasteiger partial charge in [0.05, 0.1) is 17.7 Å². The van der Waals surface area contributed by atoms with Crippen molar-refractivity contribution < 1.29 is 22.7 Å². The van der Waals surface area contributed by atoms with Crippen LogP contribution in [0.25, 0.3) is 0 Å². The molecule has 1 N–H and O–H groups in total. The number of nitrogens with zero attached hydrogens (tertiary/aromatic N) is 2. The van der Waals surface area contributed by atoms with E-state index in [0.29, 0.717) is 5.75 Å². The van der Waals surface area contributed by atoms with Crippen molar-refractivity contribution in [2.24, 2.45) is 0 Å². The normalized spacial score (nSPS) is 13.9. The molecule has 4 aromatic carbocycles. The predicted molar refractivity (Wildman–Crippen MR) is 185 cm³/mol. The molecule has 9 heteroatoms. The minimum Gasteiger partial charge on any atom is -0.495 e. The van der Waals surface area contributed by atoms with Gasteiger partial charge in [-0.3, -0.25) is 13.9 Å². The Morgan fingerprint density at radius 3 is 2.04 bits per heavy atom. The van der Waals surface area contributed by atoms with E-state index >= 15 is 0 Å². The van der Waals surface area contributed by atoms with Gasteiger partial charge in [-0.1, -0.05) is 103 Å². The maximum absolute atomic E-state index is 14.7. The molecular weight excluding hydrogens is 611 g/mol. The van der Waals surface area contributed by atoms with Crippen molar-refractivity contribution in [3.63, 3.8) is 0 Å². The Morgan fingerprint density at radius 1 is 0.809 bits per heavy atom. The third kappa shape index (κ3) is 8.40. The first-order chi connectivity index (χ1) is 22.7. The number of hydrogen-bond acceptors (Lipinski definition) is 5. The first kappa shape index (κ1) is 33.7. The number of nitrogens with one attached hydrogen (secondary N) is 1. The zero-order chi connectivity index (χ0) is 33.4. The number of ether oxygens (including phenoxy) is 1. The molecule has 4 aromatic rings. The quantitative estimate of drug-likeness (QED) is 0.185. The maximum atomic E-state index is 14.7. The van der Waals surface area contributed by atoms with E-state index in [4.69, 9.17) is 4.74 Å². The second-order valence-electron chi connectivity index (χ2n) is 12.2. The molecule has 0 saturated heterocycles. The van der Waals surface area contributed by atoms with Crippen molar-refractivity contribution in [3.05, 3.63) is 125 Å². The SMILES string of the molecule is COc1ccccc1N(CC(=O)N(Cc1ccc(C)cc1)[C@@H](Cc1ccccc1)C(=O)NC1CCCC1)S(=O)(=O)c1ccc(C)cc1. The van der Waals surface area contributed by atoms with Gasteiger partial charge in [-0.05, 0) is 62.1 Å². The second-order valence-corrected chi connectivity index (χ2v) is 14.1. The standard InChI is InChI=1S/C38H43N3O5S/c1-28-17-21-31(22-18-28)26-40(35(25-30-11-5-4-6-12-30)38(43)39-32-13-7-8-14-32)37(42)27-41(34-15-9-10-16-36(34)46-3)47(44,45)33-23-19-29(2)20-24-33/h4-6,9-12,15-24,32,35H,7-8,13-14,25-27H2,1-3H3,(H,39,43)/t35-/m0/s1. The van der Waals surface area contributed by atoms with E-state index in [1.54, 1.807) is 36.4 Å². The molecule has 1 fully saturated rings. The van der Waals surface area contributed by atoms with Crippen LogP contribution in [0.4, 0.5) is 5.69 Å². The summed E-state index contributed by atoms with van der Waals surface area (Å²) in [5.74, 6) is -0.443. The molecule has 5 rings (SSSR count). The van der Waals surface area contributed by atoms with E-state index in [9.17, 15) is 18.0 Å². The lowest BCUT2D eigenvalue weighted by Crippen LogP contribution is -2.54. The van der Waals surface area contributed by atoms with Crippen molar-refractivity contribution in [1.29, 1.82) is 0 Å². The number of para-hydroxylation sites is 2. The fourth-order valence-electron chi connectivity index (χ4n) is 6.00. The minimum absolute atomic E-state index is 0.0455. The van der Waals surface area contributed by atoms with Crippen molar-refractivity contribution >= 4 is 27.5 Å². The Labute approximate surface area is 278 Å². The molecule has 0 aliphatic heterocycles. The first-order valence-corrected chi connectivity index (χ1v) is 17.5. The Hall–Kier alpha value is -4.63. The molecule has 246 valence electrons. The molecule has 0 aromatic heterocycles. The molecule has 8 nitrogen and oxygen atoms in total. The van der Waals surface area contributed by atoms with Crippen LogP contribution in [0, 0.1) is 13.8 Å². The highest BCUT2D eigenvalue weighted by Gasteiger charge is 2.36. The monoisotopic (exact) mass is 653 g/mol. The lowest BCUT2D eigenvalue weighted by Gasteiger charge is -2.34. The van der Waals surface area contributed by atoms with Gasteiger partial charge in [0.2, 0.25) is 11.8 Å². The summed E-state index contributed by atoms with van der Waals surface area (Å²) in [5.41, 5.74) is 3.94. The maximum Gasteiger partial charge on any atom is 0.264 e. The highest BCUT2D eigenvalue weighted by Crippen LogP contribution is 2.33. The summed E-state index contributed by atoms with van der Waals surface area (Å²) < 4.78 is 35.3. The zero-order valence-electron chi connectivity index (χ0n) is 27.3. The van der Waals surface area contributed by atoms with Crippen LogP contribution in [0.5, 0.6) is 5.75 Å². The molecule has 0 bridgehead atoms. The molecule has 1 saturated carbocycles. The number of aryl methyl sites for hydroxylation is 2. The highest BCUT2D eigenvalue weighted by molar-refractivity contribution is 7.92. The van der Waals surface area contributed by atoms with Crippen LogP contribution in [0.1, 0.15) is 47.9 Å². The summed E-state index contributed by atoms with van der Waals surface area (Å²) in [6, 6.07) is 29.8. The van der Waals surface area contributed by atoms with E-state index in [0.717, 1.165) is 52.2 Å². The molecule has 0 heterocycles. The van der Waals surface area contributed by atoms with Crippen LogP contribution in [0.15, 0.2) is 108 Å². The Kier molecular flexibility index (Phi) is 11.0. The lowest BCUT2D eigenvalue weighted by molar-refractivity contribution is -0.140. The largest absolute Gasteiger partial charge is 0.495 e. The Bertz CT molecular complexity index is 1750. The number of methoxy groups -OCH3 is 1. The lowest BCUT2D eigenvalue weighted by atomic mass is 10.0. The third-order valence-corrected chi connectivity index (χ3v) is 10.5. The third-order valence-electron chi connectivity index (χ3n) is 8.69. The summed E-state index contributed by atoms with van der Waals surface area (Å²) in [5, 5.41) is 3.21. The van der Waals surface area contributed by atoms with Crippen LogP contribution < -0.4 is 14.4 Å². The molecule has 1 aliphatic rings. The van der Waals surface area contributed by atoms with Crippen LogP contribution in [-0.4, -0.2) is 50.9 Å². The van der Waals surface area contributed by atoms with Crippen LogP contribution in [0.3, 0.4) is 0 Å². The number of anilines is 1. The number of rotatable bonds is 13. The smallest absolute Gasteiger partial charge is 0.264 e. The van der Waals surface area contributed by atoms with Crippen molar-refractivity contribution in [3.8, 4) is 5.75 Å². The van der Waals surface area contributed by atoms with E-state index in [-0.39, 0.29) is 35.5 Å². The van der Waals surface area contributed by atoms with Crippen LogP contribution >= 0.6 is 0 Å². The van der Waals surface area contributed by atoms with Gasteiger partial charge in [-0.25, -0.2) is 8.42 Å². The average Bonchev–Trinajstić information content (AvgIpc) is 3.59. The predicted octanol–water partition coefficient (Wildman–Crippen LogP) is 6.21. The number of hydrogen-bond donors (Lipinski definition) is 1. The van der Waals surface area contributed by atoms with Gasteiger partial charge in [0.25, 0.3) is 10.0 Å². The van der Waals surface area contributed by atoms with E-state index in [2.05, 4.69) is 5.32 Å². The number of carbonyl (C=O) groups is 2. The van der Waals surface area contributed by atoms with E-state index in [1.807, 2.05) is 68.4 Å². The average molecular weight is 654 g/mol. The zero-order valence-corrected chi connectivity index (χ0v) is 28.1. The fraction of sp³-hybridized carbons (Fsp3) is 0.316.